The zero-order valence-electron chi connectivity index (χ0n) is 22.5. The van der Waals surface area contributed by atoms with Crippen molar-refractivity contribution in [3.05, 3.63) is 59.3 Å². The molecule has 1 aromatic heterocycles. The van der Waals surface area contributed by atoms with Gasteiger partial charge in [0, 0.05) is 37.1 Å². The number of piperidine rings is 1. The molecule has 3 aromatic rings. The highest BCUT2D eigenvalue weighted by Gasteiger charge is 2.34. The number of nitrogens with one attached hydrogen (secondary N) is 1. The van der Waals surface area contributed by atoms with Crippen molar-refractivity contribution in [2.45, 2.75) is 76.7 Å². The molecule has 8 rings (SSSR count). The summed E-state index contributed by atoms with van der Waals surface area (Å²) in [6.45, 7) is 4.24. The maximum atomic E-state index is 13.6. The van der Waals surface area contributed by atoms with Crippen LogP contribution in [-0.2, 0) is 20.0 Å². The number of hydrogen-bond acceptors (Lipinski definition) is 4. The van der Waals surface area contributed by atoms with E-state index in [2.05, 4.69) is 40.4 Å². The summed E-state index contributed by atoms with van der Waals surface area (Å²) >= 11 is 0. The van der Waals surface area contributed by atoms with Gasteiger partial charge in [-0.15, -0.1) is 0 Å². The van der Waals surface area contributed by atoms with Crippen molar-refractivity contribution in [3.8, 4) is 5.75 Å². The number of aromatic nitrogens is 2. The van der Waals surface area contributed by atoms with Gasteiger partial charge >= 0.3 is 0 Å². The Balaban J connectivity index is 0.000000140. The molecule has 1 amide bonds. The number of amides is 1. The summed E-state index contributed by atoms with van der Waals surface area (Å²) in [5, 5.41) is 8.20. The fourth-order valence-electron chi connectivity index (χ4n) is 6.79. The molecular formula is C31H39FN4O2. The van der Waals surface area contributed by atoms with Gasteiger partial charge in [-0.25, -0.2) is 4.39 Å². The average molecular weight is 519 g/mol. The van der Waals surface area contributed by atoms with Crippen molar-refractivity contribution in [2.24, 2.45) is 18.9 Å². The molecule has 0 spiro atoms. The average Bonchev–Trinajstić information content (AvgIpc) is 3.46. The third-order valence-electron chi connectivity index (χ3n) is 9.06. The van der Waals surface area contributed by atoms with Crippen LogP contribution in [0.5, 0.6) is 5.75 Å². The number of carbonyl (C=O) groups excluding carboxylic acids is 1. The van der Waals surface area contributed by atoms with Crippen molar-refractivity contribution in [1.29, 1.82) is 0 Å². The van der Waals surface area contributed by atoms with Gasteiger partial charge in [0.15, 0.2) is 0 Å². The molecule has 6 nitrogen and oxygen atoms in total. The Kier molecular flexibility index (Phi) is 7.12. The van der Waals surface area contributed by atoms with Crippen molar-refractivity contribution >= 4 is 16.8 Å². The fraction of sp³-hybridized carbons (Fsp3) is 0.548. The SMILES string of the molecule is CC1CC2CCC(CC2)Cc2ccc3c(c2)C(=O)N1C3.Cn1ncc2cc(OC3CCNCC3F)ccc21. The topological polar surface area (TPSA) is 59.4 Å². The molecule has 38 heavy (non-hydrogen) atoms. The normalized spacial score (nSPS) is 28.6. The molecule has 1 saturated carbocycles. The van der Waals surface area contributed by atoms with Gasteiger partial charge in [-0.05, 0) is 92.8 Å². The van der Waals surface area contributed by atoms with Gasteiger partial charge in [0.05, 0.1) is 11.7 Å². The first-order valence-corrected chi connectivity index (χ1v) is 14.3. The summed E-state index contributed by atoms with van der Waals surface area (Å²) in [7, 11) is 1.90. The van der Waals surface area contributed by atoms with E-state index in [4.69, 9.17) is 4.74 Å². The molecule has 7 heteroatoms. The number of rotatable bonds is 2. The van der Waals surface area contributed by atoms with Crippen LogP contribution in [0.1, 0.15) is 66.9 Å². The molecule has 0 radical (unpaired) electrons. The van der Waals surface area contributed by atoms with Crippen LogP contribution in [0.15, 0.2) is 42.6 Å². The number of alkyl halides is 1. The number of nitrogens with zero attached hydrogens (tertiary/aromatic N) is 3. The Morgan fingerprint density at radius 2 is 1.87 bits per heavy atom. The largest absolute Gasteiger partial charge is 0.487 e. The molecular weight excluding hydrogens is 479 g/mol. The lowest BCUT2D eigenvalue weighted by Crippen LogP contribution is -2.44. The highest BCUT2D eigenvalue weighted by molar-refractivity contribution is 5.98. The number of fused-ring (bicyclic) bond motifs is 4. The summed E-state index contributed by atoms with van der Waals surface area (Å²) in [4.78, 5) is 14.7. The highest BCUT2D eigenvalue weighted by atomic mass is 19.1. The molecule has 1 saturated heterocycles. The monoisotopic (exact) mass is 518 g/mol. The molecule has 1 N–H and O–H groups in total. The minimum absolute atomic E-state index is 0.269. The minimum Gasteiger partial charge on any atom is -0.487 e. The molecule has 5 bridgehead atoms. The number of hydrogen-bond donors (Lipinski definition) is 1. The van der Waals surface area contributed by atoms with Crippen LogP contribution in [0.25, 0.3) is 10.9 Å². The summed E-state index contributed by atoms with van der Waals surface area (Å²) in [5.74, 6) is 2.66. The van der Waals surface area contributed by atoms with E-state index in [1.165, 1.54) is 49.7 Å². The lowest BCUT2D eigenvalue weighted by molar-refractivity contribution is 0.0679. The zero-order valence-corrected chi connectivity index (χ0v) is 22.5. The van der Waals surface area contributed by atoms with Gasteiger partial charge in [0.2, 0.25) is 0 Å². The number of ether oxygens (including phenoxy) is 1. The lowest BCUT2D eigenvalue weighted by Gasteiger charge is -2.33. The van der Waals surface area contributed by atoms with Crippen LogP contribution in [0.4, 0.5) is 4.39 Å². The maximum Gasteiger partial charge on any atom is 0.254 e. The van der Waals surface area contributed by atoms with Gasteiger partial charge in [0.1, 0.15) is 18.0 Å². The van der Waals surface area contributed by atoms with Crippen LogP contribution in [0, 0.1) is 11.8 Å². The molecule has 3 atom stereocenters. The highest BCUT2D eigenvalue weighted by Crippen LogP contribution is 2.37. The molecule has 5 aliphatic rings. The minimum atomic E-state index is -0.941. The molecule has 2 fully saturated rings. The van der Waals surface area contributed by atoms with E-state index in [0.717, 1.165) is 41.4 Å². The molecule has 5 heterocycles. The third-order valence-corrected chi connectivity index (χ3v) is 9.06. The Labute approximate surface area is 224 Å². The summed E-state index contributed by atoms with van der Waals surface area (Å²) in [6.07, 6.45) is 9.04. The molecule has 202 valence electrons. The van der Waals surface area contributed by atoms with Gasteiger partial charge in [-0.1, -0.05) is 25.0 Å². The summed E-state index contributed by atoms with van der Waals surface area (Å²) in [5.41, 5.74) is 4.63. The zero-order chi connectivity index (χ0) is 26.2. The maximum absolute atomic E-state index is 13.6. The smallest absolute Gasteiger partial charge is 0.254 e. The lowest BCUT2D eigenvalue weighted by atomic mass is 9.77. The Morgan fingerprint density at radius 3 is 2.68 bits per heavy atom. The second-order valence-corrected chi connectivity index (χ2v) is 11.8. The van der Waals surface area contributed by atoms with Gasteiger partial charge < -0.3 is 15.0 Å². The van der Waals surface area contributed by atoms with E-state index >= 15 is 0 Å². The van der Waals surface area contributed by atoms with Crippen molar-refractivity contribution in [1.82, 2.24) is 20.0 Å². The standard InChI is InChI=1S/C18H23NO.C13H16FN3O/c1-12-8-13-2-4-14(5-3-13)9-15-6-7-16-11-19(12)18(20)17(16)10-15;1-17-12-3-2-10(6-9(12)7-16-17)18-13-4-5-15-8-11(13)14/h6-7,10,12-14H,2-5,8-9,11H2,1H3;2-3,6-7,11,13,15H,4-5,8H2,1H3. The predicted octanol–water partition coefficient (Wildman–Crippen LogP) is 5.44. The first-order valence-electron chi connectivity index (χ1n) is 14.3. The third kappa shape index (κ3) is 5.18. The van der Waals surface area contributed by atoms with E-state index < -0.39 is 6.17 Å². The Hall–Kier alpha value is -2.93. The molecule has 2 aromatic carbocycles. The molecule has 3 unspecified atom stereocenters. The first-order chi connectivity index (χ1) is 18.4. The van der Waals surface area contributed by atoms with Gasteiger partial charge in [-0.2, -0.15) is 5.10 Å². The van der Waals surface area contributed by atoms with E-state index in [-0.39, 0.29) is 12.0 Å². The van der Waals surface area contributed by atoms with Crippen LogP contribution in [0.3, 0.4) is 0 Å². The summed E-state index contributed by atoms with van der Waals surface area (Å²) < 4.78 is 21.2. The van der Waals surface area contributed by atoms with E-state index in [0.29, 0.717) is 24.8 Å². The Bertz CT molecular complexity index is 1300. The van der Waals surface area contributed by atoms with Crippen molar-refractivity contribution < 1.29 is 13.9 Å². The van der Waals surface area contributed by atoms with Crippen LogP contribution >= 0.6 is 0 Å². The van der Waals surface area contributed by atoms with Crippen molar-refractivity contribution in [2.75, 3.05) is 13.1 Å². The van der Waals surface area contributed by atoms with Gasteiger partial charge in [0.25, 0.3) is 5.91 Å². The van der Waals surface area contributed by atoms with Gasteiger partial charge in [-0.3, -0.25) is 9.48 Å². The second-order valence-electron chi connectivity index (χ2n) is 11.8. The number of carbonyl (C=O) groups is 1. The molecule has 4 aliphatic heterocycles. The van der Waals surface area contributed by atoms with Crippen LogP contribution < -0.4 is 10.1 Å². The number of halogens is 1. The van der Waals surface area contributed by atoms with Crippen LogP contribution in [-0.4, -0.2) is 52.0 Å². The van der Waals surface area contributed by atoms with E-state index in [1.807, 2.05) is 29.9 Å². The molecule has 1 aliphatic carbocycles. The predicted molar refractivity (Wildman–Crippen MR) is 147 cm³/mol. The number of benzene rings is 2. The first kappa shape index (κ1) is 25.4. The number of aryl methyl sites for hydroxylation is 1. The van der Waals surface area contributed by atoms with E-state index in [9.17, 15) is 9.18 Å². The van der Waals surface area contributed by atoms with Crippen LogP contribution in [0.2, 0.25) is 0 Å². The van der Waals surface area contributed by atoms with Crippen molar-refractivity contribution in [3.63, 3.8) is 0 Å². The van der Waals surface area contributed by atoms with E-state index in [1.54, 1.807) is 6.20 Å². The Morgan fingerprint density at radius 1 is 1.05 bits per heavy atom. The quantitative estimate of drug-likeness (QED) is 0.491. The summed E-state index contributed by atoms with van der Waals surface area (Å²) in [6, 6.07) is 12.8. The second kappa shape index (κ2) is 10.7. The fourth-order valence-corrected chi connectivity index (χ4v) is 6.79.